The number of benzene rings is 1. The van der Waals surface area contributed by atoms with Gasteiger partial charge in [0.15, 0.2) is 0 Å². The molecule has 6 nitrogen and oxygen atoms in total. The number of amides is 2. The molecule has 128 valence electrons. The molecule has 1 fully saturated rings. The molecule has 2 heterocycles. The fourth-order valence-electron chi connectivity index (χ4n) is 3.04. The molecule has 0 spiro atoms. The van der Waals surface area contributed by atoms with E-state index >= 15 is 0 Å². The van der Waals surface area contributed by atoms with Gasteiger partial charge in [-0.3, -0.25) is 4.68 Å². The molecule has 7 heteroatoms. The van der Waals surface area contributed by atoms with Crippen molar-refractivity contribution in [2.75, 3.05) is 18.4 Å². The van der Waals surface area contributed by atoms with Crippen LogP contribution in [0.15, 0.2) is 36.7 Å². The smallest absolute Gasteiger partial charge is 0.321 e. The van der Waals surface area contributed by atoms with Gasteiger partial charge in [0, 0.05) is 31.4 Å². The Labute approximate surface area is 146 Å². The number of hydrogen-bond donors (Lipinski definition) is 2. The van der Waals surface area contributed by atoms with Gasteiger partial charge in [-0.1, -0.05) is 23.7 Å². The van der Waals surface area contributed by atoms with Crippen molar-refractivity contribution in [1.82, 2.24) is 14.7 Å². The summed E-state index contributed by atoms with van der Waals surface area (Å²) in [5, 5.41) is 18.1. The average molecular weight is 349 g/mol. The van der Waals surface area contributed by atoms with E-state index in [-0.39, 0.29) is 11.9 Å². The highest BCUT2D eigenvalue weighted by Crippen LogP contribution is 2.31. The van der Waals surface area contributed by atoms with Crippen LogP contribution in [0.5, 0.6) is 0 Å². The quantitative estimate of drug-likeness (QED) is 0.895. The lowest BCUT2D eigenvalue weighted by Gasteiger charge is -2.34. The van der Waals surface area contributed by atoms with Crippen LogP contribution in [0.4, 0.5) is 10.5 Å². The summed E-state index contributed by atoms with van der Waals surface area (Å²) in [5.41, 5.74) is 1.56. The molecule has 0 aliphatic carbocycles. The van der Waals surface area contributed by atoms with E-state index in [1.54, 1.807) is 41.2 Å². The van der Waals surface area contributed by atoms with Crippen molar-refractivity contribution in [1.29, 1.82) is 0 Å². The molecule has 0 bridgehead atoms. The summed E-state index contributed by atoms with van der Waals surface area (Å²) >= 11 is 5.89. The summed E-state index contributed by atoms with van der Waals surface area (Å²) < 4.78 is 1.64. The minimum atomic E-state index is -0.522. The first-order valence-electron chi connectivity index (χ1n) is 8.01. The number of carbonyl (C=O) groups excluding carboxylic acids is 1. The second-order valence-corrected chi connectivity index (χ2v) is 6.59. The Bertz CT molecular complexity index is 693. The highest BCUT2D eigenvalue weighted by atomic mass is 35.5. The van der Waals surface area contributed by atoms with Gasteiger partial charge in [-0.15, -0.1) is 0 Å². The predicted octanol–water partition coefficient (Wildman–Crippen LogP) is 3.05. The number of rotatable bonds is 3. The molecule has 1 unspecified atom stereocenters. The van der Waals surface area contributed by atoms with Crippen molar-refractivity contribution < 1.29 is 9.90 Å². The van der Waals surface area contributed by atoms with E-state index in [2.05, 4.69) is 10.4 Å². The second-order valence-electron chi connectivity index (χ2n) is 6.15. The molecule has 2 N–H and O–H groups in total. The normalized spacial score (nSPS) is 16.9. The number of aromatic nitrogens is 2. The third kappa shape index (κ3) is 3.88. The first-order valence-corrected chi connectivity index (χ1v) is 8.39. The SMILES string of the molecule is Cn1cc(NC(=O)N2CCC(C(O)c3ccc(Cl)cc3)CC2)cn1. The van der Waals surface area contributed by atoms with E-state index in [0.29, 0.717) is 23.8 Å². The van der Waals surface area contributed by atoms with Gasteiger partial charge in [-0.05, 0) is 36.5 Å². The first-order chi connectivity index (χ1) is 11.5. The first kappa shape index (κ1) is 16.8. The van der Waals surface area contributed by atoms with Crippen molar-refractivity contribution in [2.24, 2.45) is 13.0 Å². The van der Waals surface area contributed by atoms with E-state index in [1.807, 2.05) is 12.1 Å². The number of nitrogens with zero attached hydrogens (tertiary/aromatic N) is 3. The van der Waals surface area contributed by atoms with Crippen molar-refractivity contribution in [3.05, 3.63) is 47.2 Å². The number of hydrogen-bond acceptors (Lipinski definition) is 3. The van der Waals surface area contributed by atoms with Crippen LogP contribution in [0, 0.1) is 5.92 Å². The predicted molar refractivity (Wildman–Crippen MR) is 92.9 cm³/mol. The summed E-state index contributed by atoms with van der Waals surface area (Å²) in [6, 6.07) is 7.17. The Morgan fingerprint density at radius 3 is 2.58 bits per heavy atom. The zero-order valence-corrected chi connectivity index (χ0v) is 14.3. The lowest BCUT2D eigenvalue weighted by Crippen LogP contribution is -2.42. The standard InChI is InChI=1S/C17H21ClN4O2/c1-21-11-15(10-19-21)20-17(24)22-8-6-13(7-9-22)16(23)12-2-4-14(18)5-3-12/h2-5,10-11,13,16,23H,6-9H2,1H3,(H,20,24). The van der Waals surface area contributed by atoms with Crippen molar-refractivity contribution >= 4 is 23.3 Å². The van der Waals surface area contributed by atoms with E-state index in [9.17, 15) is 9.90 Å². The van der Waals surface area contributed by atoms with Crippen molar-refractivity contribution in [2.45, 2.75) is 18.9 Å². The van der Waals surface area contributed by atoms with Crippen LogP contribution in [-0.2, 0) is 7.05 Å². The molecule has 1 aromatic heterocycles. The zero-order chi connectivity index (χ0) is 17.1. The van der Waals surface area contributed by atoms with Crippen LogP contribution < -0.4 is 5.32 Å². The Morgan fingerprint density at radius 2 is 2.00 bits per heavy atom. The number of aliphatic hydroxyl groups is 1. The van der Waals surface area contributed by atoms with Gasteiger partial charge in [0.2, 0.25) is 0 Å². The van der Waals surface area contributed by atoms with E-state index in [4.69, 9.17) is 11.6 Å². The van der Waals surface area contributed by atoms with Gasteiger partial charge in [0.25, 0.3) is 0 Å². The number of piperidine rings is 1. The molecule has 2 amide bonds. The van der Waals surface area contributed by atoms with E-state index < -0.39 is 6.10 Å². The molecule has 0 saturated carbocycles. The molecule has 3 rings (SSSR count). The Balaban J connectivity index is 1.53. The Hall–Kier alpha value is -2.05. The highest BCUT2D eigenvalue weighted by molar-refractivity contribution is 6.30. The molecule has 0 radical (unpaired) electrons. The number of nitrogens with one attached hydrogen (secondary N) is 1. The van der Waals surface area contributed by atoms with Crippen LogP contribution in [0.2, 0.25) is 5.02 Å². The summed E-state index contributed by atoms with van der Waals surface area (Å²) in [4.78, 5) is 14.0. The number of likely N-dealkylation sites (tertiary alicyclic amines) is 1. The van der Waals surface area contributed by atoms with Crippen LogP contribution in [0.25, 0.3) is 0 Å². The highest BCUT2D eigenvalue weighted by Gasteiger charge is 2.28. The number of aliphatic hydroxyl groups excluding tert-OH is 1. The lowest BCUT2D eigenvalue weighted by atomic mass is 9.87. The zero-order valence-electron chi connectivity index (χ0n) is 13.5. The van der Waals surface area contributed by atoms with E-state index in [0.717, 1.165) is 18.4 Å². The summed E-state index contributed by atoms with van der Waals surface area (Å²) in [5.74, 6) is 0.147. The topological polar surface area (TPSA) is 70.4 Å². The number of anilines is 1. The number of aryl methyl sites for hydroxylation is 1. The number of urea groups is 1. The van der Waals surface area contributed by atoms with Gasteiger partial charge >= 0.3 is 6.03 Å². The van der Waals surface area contributed by atoms with Crippen LogP contribution in [-0.4, -0.2) is 38.9 Å². The number of halogens is 1. The molecule has 24 heavy (non-hydrogen) atoms. The third-order valence-electron chi connectivity index (χ3n) is 4.44. The second kappa shape index (κ2) is 7.23. The molecule has 1 saturated heterocycles. The summed E-state index contributed by atoms with van der Waals surface area (Å²) in [6.45, 7) is 1.25. The molecule has 1 aromatic carbocycles. The summed E-state index contributed by atoms with van der Waals surface area (Å²) in [7, 11) is 1.80. The van der Waals surface area contributed by atoms with Gasteiger partial charge in [-0.25, -0.2) is 4.79 Å². The maximum absolute atomic E-state index is 12.3. The van der Waals surface area contributed by atoms with Gasteiger partial charge in [0.05, 0.1) is 18.0 Å². The van der Waals surface area contributed by atoms with Gasteiger partial charge < -0.3 is 15.3 Å². The average Bonchev–Trinajstić information content (AvgIpc) is 3.00. The molecule has 1 aliphatic heterocycles. The maximum Gasteiger partial charge on any atom is 0.321 e. The fourth-order valence-corrected chi connectivity index (χ4v) is 3.16. The minimum Gasteiger partial charge on any atom is -0.388 e. The van der Waals surface area contributed by atoms with Gasteiger partial charge in [-0.2, -0.15) is 5.10 Å². The minimum absolute atomic E-state index is 0.123. The monoisotopic (exact) mass is 348 g/mol. The molecule has 2 aromatic rings. The van der Waals surface area contributed by atoms with Gasteiger partial charge in [0.1, 0.15) is 0 Å². The van der Waals surface area contributed by atoms with Crippen LogP contribution >= 0.6 is 11.6 Å². The molecule has 1 atom stereocenters. The third-order valence-corrected chi connectivity index (χ3v) is 4.69. The molecular weight excluding hydrogens is 328 g/mol. The Kier molecular flexibility index (Phi) is 5.06. The van der Waals surface area contributed by atoms with Crippen molar-refractivity contribution in [3.63, 3.8) is 0 Å². The fraction of sp³-hybridized carbons (Fsp3) is 0.412. The Morgan fingerprint density at radius 1 is 1.33 bits per heavy atom. The van der Waals surface area contributed by atoms with Crippen LogP contribution in [0.3, 0.4) is 0 Å². The summed E-state index contributed by atoms with van der Waals surface area (Å²) in [6.07, 6.45) is 4.39. The maximum atomic E-state index is 12.3. The van der Waals surface area contributed by atoms with Crippen LogP contribution in [0.1, 0.15) is 24.5 Å². The lowest BCUT2D eigenvalue weighted by molar-refractivity contribution is 0.0683. The van der Waals surface area contributed by atoms with Crippen molar-refractivity contribution in [3.8, 4) is 0 Å². The number of carbonyl (C=O) groups is 1. The van der Waals surface area contributed by atoms with E-state index in [1.165, 1.54) is 0 Å². The molecular formula is C17H21ClN4O2. The molecule has 1 aliphatic rings. The largest absolute Gasteiger partial charge is 0.388 e.